The Kier molecular flexibility index (Phi) is 4.17. The number of benzene rings is 2. The van der Waals surface area contributed by atoms with Gasteiger partial charge >= 0.3 is 0 Å². The molecule has 132 valence electrons. The van der Waals surface area contributed by atoms with E-state index in [9.17, 15) is 5.11 Å². The molecule has 0 bridgehead atoms. The molecule has 5 nitrogen and oxygen atoms in total. The smallest absolute Gasteiger partial charge is 0.231 e. The van der Waals surface area contributed by atoms with Gasteiger partial charge in [0.1, 0.15) is 11.8 Å². The Morgan fingerprint density at radius 1 is 1.00 bits per heavy atom. The van der Waals surface area contributed by atoms with E-state index in [-0.39, 0.29) is 18.6 Å². The van der Waals surface area contributed by atoms with Gasteiger partial charge in [-0.05, 0) is 18.2 Å². The van der Waals surface area contributed by atoms with E-state index in [0.717, 1.165) is 24.4 Å². The predicted octanol–water partition coefficient (Wildman–Crippen LogP) is 1.96. The maximum absolute atomic E-state index is 10.7. The summed E-state index contributed by atoms with van der Waals surface area (Å²) in [5, 5.41) is 10.7. The summed E-state index contributed by atoms with van der Waals surface area (Å²) in [6.07, 6.45) is 2.46. The van der Waals surface area contributed by atoms with Gasteiger partial charge in [-0.1, -0.05) is 12.1 Å². The van der Waals surface area contributed by atoms with Crippen molar-refractivity contribution < 1.29 is 19.5 Å². The van der Waals surface area contributed by atoms with Gasteiger partial charge in [0.15, 0.2) is 11.5 Å². The second-order valence-electron chi connectivity index (χ2n) is 7.05. The third-order valence-corrected chi connectivity index (χ3v) is 5.23. The quantitative estimate of drug-likeness (QED) is 0.892. The third-order valence-electron chi connectivity index (χ3n) is 5.23. The van der Waals surface area contributed by atoms with Gasteiger partial charge in [0.2, 0.25) is 6.79 Å². The highest BCUT2D eigenvalue weighted by Gasteiger charge is 2.32. The van der Waals surface area contributed by atoms with Crippen molar-refractivity contribution in [2.24, 2.45) is 0 Å². The number of ether oxygens (including phenoxy) is 2. The molecule has 2 heterocycles. The number of hydrogen-bond acceptors (Lipinski definition) is 4. The molecule has 5 heteroatoms. The Labute approximate surface area is 148 Å². The van der Waals surface area contributed by atoms with E-state index in [1.165, 1.54) is 29.0 Å². The zero-order valence-electron chi connectivity index (χ0n) is 14.8. The zero-order valence-corrected chi connectivity index (χ0v) is 14.8. The van der Waals surface area contributed by atoms with Crippen molar-refractivity contribution in [2.75, 3.05) is 38.9 Å². The van der Waals surface area contributed by atoms with Crippen molar-refractivity contribution in [2.45, 2.75) is 18.9 Å². The van der Waals surface area contributed by atoms with Crippen molar-refractivity contribution in [3.8, 4) is 17.2 Å². The molecule has 0 aromatic heterocycles. The van der Waals surface area contributed by atoms with E-state index >= 15 is 0 Å². The number of fused-ring (bicyclic) bond motifs is 1. The fourth-order valence-corrected chi connectivity index (χ4v) is 3.90. The molecule has 2 N–H and O–H groups in total. The molecule has 1 atom stereocenters. The van der Waals surface area contributed by atoms with Crippen molar-refractivity contribution in [3.05, 3.63) is 47.5 Å². The highest BCUT2D eigenvalue weighted by molar-refractivity contribution is 5.54. The molecule has 0 unspecified atom stereocenters. The van der Waals surface area contributed by atoms with E-state index in [4.69, 9.17) is 9.47 Å². The number of quaternary nitrogens is 1. The molecule has 0 spiro atoms. The summed E-state index contributed by atoms with van der Waals surface area (Å²) in [5.74, 6) is 1.63. The molecule has 0 saturated carbocycles. The molecule has 0 amide bonds. The average Bonchev–Trinajstić information content (AvgIpc) is 3.27. The van der Waals surface area contributed by atoms with Gasteiger partial charge in [0, 0.05) is 44.3 Å². The number of hydrogen-bond donors (Lipinski definition) is 2. The van der Waals surface area contributed by atoms with Crippen LogP contribution in [0.1, 0.15) is 30.0 Å². The van der Waals surface area contributed by atoms with Crippen LogP contribution in [0.2, 0.25) is 0 Å². The molecule has 1 fully saturated rings. The normalized spacial score (nSPS) is 17.7. The first-order valence-corrected chi connectivity index (χ1v) is 8.88. The van der Waals surface area contributed by atoms with E-state index in [2.05, 4.69) is 29.2 Å². The molecule has 2 aliphatic heterocycles. The molecule has 0 aliphatic carbocycles. The van der Waals surface area contributed by atoms with Crippen molar-refractivity contribution in [3.63, 3.8) is 0 Å². The molecule has 1 saturated heterocycles. The van der Waals surface area contributed by atoms with Gasteiger partial charge in [-0.3, -0.25) is 0 Å². The minimum Gasteiger partial charge on any atom is -0.507 e. The van der Waals surface area contributed by atoms with Crippen LogP contribution in [0.15, 0.2) is 36.4 Å². The Morgan fingerprint density at radius 2 is 1.64 bits per heavy atom. The maximum atomic E-state index is 10.7. The van der Waals surface area contributed by atoms with E-state index < -0.39 is 0 Å². The molecule has 4 rings (SSSR count). The summed E-state index contributed by atoms with van der Waals surface area (Å²) in [6, 6.07) is 12.4. The first kappa shape index (κ1) is 16.1. The number of nitrogens with one attached hydrogen (secondary N) is 1. The first-order chi connectivity index (χ1) is 12.1. The van der Waals surface area contributed by atoms with Crippen LogP contribution in [0.25, 0.3) is 0 Å². The lowest BCUT2D eigenvalue weighted by Crippen LogP contribution is -3.10. The Bertz CT molecular complexity index is 752. The predicted molar refractivity (Wildman–Crippen MR) is 96.8 cm³/mol. The van der Waals surface area contributed by atoms with Gasteiger partial charge in [-0.15, -0.1) is 0 Å². The largest absolute Gasteiger partial charge is 0.507 e. The van der Waals surface area contributed by atoms with Crippen LogP contribution in [0.4, 0.5) is 5.69 Å². The zero-order chi connectivity index (χ0) is 17.4. The number of phenols is 1. The van der Waals surface area contributed by atoms with E-state index in [1.807, 2.05) is 20.2 Å². The summed E-state index contributed by atoms with van der Waals surface area (Å²) >= 11 is 0. The van der Waals surface area contributed by atoms with Gasteiger partial charge in [-0.2, -0.15) is 0 Å². The lowest BCUT2D eigenvalue weighted by Gasteiger charge is -2.26. The summed E-state index contributed by atoms with van der Waals surface area (Å²) < 4.78 is 10.9. The van der Waals surface area contributed by atoms with Gasteiger partial charge < -0.3 is 24.4 Å². The first-order valence-electron chi connectivity index (χ1n) is 8.88. The fourth-order valence-electron chi connectivity index (χ4n) is 3.90. The maximum Gasteiger partial charge on any atom is 0.231 e. The number of rotatable bonds is 4. The lowest BCUT2D eigenvalue weighted by atomic mass is 9.95. The van der Waals surface area contributed by atoms with Crippen molar-refractivity contribution in [1.29, 1.82) is 0 Å². The summed E-state index contributed by atoms with van der Waals surface area (Å²) in [4.78, 5) is 3.59. The van der Waals surface area contributed by atoms with Crippen LogP contribution in [-0.2, 0) is 0 Å². The van der Waals surface area contributed by atoms with Gasteiger partial charge in [0.25, 0.3) is 0 Å². The molecule has 2 aromatic carbocycles. The van der Waals surface area contributed by atoms with Crippen LogP contribution >= 0.6 is 0 Å². The highest BCUT2D eigenvalue weighted by Crippen LogP contribution is 2.40. The number of anilines is 1. The number of phenolic OH excluding ortho intramolecular Hbond substituents is 1. The van der Waals surface area contributed by atoms with Crippen LogP contribution in [0, 0.1) is 0 Å². The number of nitrogens with zero attached hydrogens (tertiary/aromatic N) is 1. The SMILES string of the molecule is CN(C)c1ccc([C@H](c2cc3c(cc2O)OCO3)[NH+]2CCCC2)cc1. The van der Waals surface area contributed by atoms with E-state index in [0.29, 0.717) is 5.75 Å². The molecular weight excluding hydrogens is 316 g/mol. The topological polar surface area (TPSA) is 46.4 Å². The van der Waals surface area contributed by atoms with Crippen molar-refractivity contribution >= 4 is 5.69 Å². The van der Waals surface area contributed by atoms with E-state index in [1.54, 1.807) is 6.07 Å². The highest BCUT2D eigenvalue weighted by atomic mass is 16.7. The van der Waals surface area contributed by atoms with Crippen LogP contribution in [0.5, 0.6) is 17.2 Å². The summed E-state index contributed by atoms with van der Waals surface area (Å²) in [7, 11) is 4.09. The molecule has 25 heavy (non-hydrogen) atoms. The molecule has 0 radical (unpaired) electrons. The molecular formula is C20H25N2O3+. The monoisotopic (exact) mass is 341 g/mol. The lowest BCUT2D eigenvalue weighted by molar-refractivity contribution is -0.913. The van der Waals surface area contributed by atoms with Crippen molar-refractivity contribution in [1.82, 2.24) is 0 Å². The molecule has 2 aromatic rings. The minimum absolute atomic E-state index is 0.105. The average molecular weight is 341 g/mol. The fraction of sp³-hybridized carbons (Fsp3) is 0.400. The Hall–Kier alpha value is -2.40. The van der Waals surface area contributed by atoms with Crippen LogP contribution in [0.3, 0.4) is 0 Å². The van der Waals surface area contributed by atoms with Crippen LogP contribution in [-0.4, -0.2) is 39.1 Å². The summed E-state index contributed by atoms with van der Waals surface area (Å²) in [5.41, 5.74) is 3.31. The Balaban J connectivity index is 1.76. The second-order valence-corrected chi connectivity index (χ2v) is 7.05. The Morgan fingerprint density at radius 3 is 2.28 bits per heavy atom. The summed E-state index contributed by atoms with van der Waals surface area (Å²) in [6.45, 7) is 2.46. The standard InChI is InChI=1S/C20H24N2O3/c1-21(2)15-7-5-14(6-8-15)20(22-9-3-4-10-22)16-11-18-19(12-17(16)23)25-13-24-18/h5-8,11-12,20,23H,3-4,9-10,13H2,1-2H3/p+1/t20-/m1/s1. The number of likely N-dealkylation sites (tertiary alicyclic amines) is 1. The van der Waals surface area contributed by atoms with Gasteiger partial charge in [0.05, 0.1) is 18.7 Å². The van der Waals surface area contributed by atoms with Gasteiger partial charge in [-0.25, -0.2) is 0 Å². The van der Waals surface area contributed by atoms with Crippen LogP contribution < -0.4 is 19.3 Å². The second kappa shape index (κ2) is 6.48. The molecule has 2 aliphatic rings. The number of aromatic hydroxyl groups is 1. The third kappa shape index (κ3) is 3.00. The minimum atomic E-state index is 0.105.